The van der Waals surface area contributed by atoms with Crippen LogP contribution in [0.5, 0.6) is 0 Å². The highest BCUT2D eigenvalue weighted by molar-refractivity contribution is 9.64. The second kappa shape index (κ2) is 3.45. The van der Waals surface area contributed by atoms with Gasteiger partial charge in [0.15, 0.2) is 5.62 Å². The van der Waals surface area contributed by atoms with Gasteiger partial charge in [0, 0.05) is 0 Å². The van der Waals surface area contributed by atoms with Gasteiger partial charge in [-0.2, -0.15) is 0 Å². The Morgan fingerprint density at radius 1 is 1.29 bits per heavy atom. The van der Waals surface area contributed by atoms with Crippen molar-refractivity contribution < 1.29 is 4.79 Å². The van der Waals surface area contributed by atoms with E-state index in [0.29, 0.717) is 0 Å². The first-order valence-electron chi connectivity index (χ1n) is 1.36. The SMILES string of the molecule is O=C[SH]1SSSS1. The second-order valence-corrected chi connectivity index (χ2v) is 11.9. The van der Waals surface area contributed by atoms with Crippen LogP contribution in [0.4, 0.5) is 0 Å². The van der Waals surface area contributed by atoms with Gasteiger partial charge in [-0.1, -0.05) is 8.96 Å². The summed E-state index contributed by atoms with van der Waals surface area (Å²) < 4.78 is 0. The van der Waals surface area contributed by atoms with Crippen LogP contribution in [-0.4, -0.2) is 5.62 Å². The number of carbonyl (C=O) groups is 1. The number of rotatable bonds is 1. The zero-order valence-electron chi connectivity index (χ0n) is 3.07. The molecule has 0 aromatic heterocycles. The van der Waals surface area contributed by atoms with Crippen LogP contribution >= 0.6 is 48.3 Å². The van der Waals surface area contributed by atoms with E-state index in [-0.39, 0.29) is 8.96 Å². The number of carbonyl (C=O) groups excluding carboxylic acids is 1. The summed E-state index contributed by atoms with van der Waals surface area (Å²) in [5.74, 6) is 0. The summed E-state index contributed by atoms with van der Waals surface area (Å²) in [6.45, 7) is 0. The fourth-order valence-corrected chi connectivity index (χ4v) is 18.9. The highest BCUT2D eigenvalue weighted by atomic mass is 34.1. The van der Waals surface area contributed by atoms with Crippen LogP contribution in [0.1, 0.15) is 0 Å². The van der Waals surface area contributed by atoms with Gasteiger partial charge in [0.25, 0.3) is 0 Å². The molecular formula is CH2OS5. The quantitative estimate of drug-likeness (QED) is 0.388. The van der Waals surface area contributed by atoms with Crippen molar-refractivity contribution in [2.75, 3.05) is 0 Å². The molecule has 7 heavy (non-hydrogen) atoms. The Morgan fingerprint density at radius 2 is 1.86 bits per heavy atom. The summed E-state index contributed by atoms with van der Waals surface area (Å²) in [6.07, 6.45) is 0. The Morgan fingerprint density at radius 3 is 2.14 bits per heavy atom. The van der Waals surface area contributed by atoms with Crippen molar-refractivity contribution in [3.63, 3.8) is 0 Å². The maximum absolute atomic E-state index is 9.97. The van der Waals surface area contributed by atoms with Gasteiger partial charge in [0.05, 0.1) is 0 Å². The molecule has 0 aliphatic carbocycles. The first kappa shape index (κ1) is 6.54. The summed E-state index contributed by atoms with van der Waals surface area (Å²) in [6, 6.07) is 0. The molecule has 0 saturated carbocycles. The molecule has 42 valence electrons. The van der Waals surface area contributed by atoms with Crippen LogP contribution in [0.3, 0.4) is 0 Å². The third kappa shape index (κ3) is 2.01. The van der Waals surface area contributed by atoms with Gasteiger partial charge in [0.1, 0.15) is 0 Å². The molecule has 0 radical (unpaired) electrons. The minimum Gasteiger partial charge on any atom is -0.291 e. The zero-order valence-corrected chi connectivity index (χ0v) is 7.23. The molecule has 0 aromatic carbocycles. The highest BCUT2D eigenvalue weighted by Crippen LogP contribution is 2.73. The minimum atomic E-state index is -0.364. The minimum absolute atomic E-state index is 0.364. The average molecular weight is 190 g/mol. The molecule has 0 unspecified atom stereocenters. The molecular weight excluding hydrogens is 188 g/mol. The fraction of sp³-hybridized carbons (Fsp3) is 0. The van der Waals surface area contributed by atoms with E-state index in [9.17, 15) is 4.79 Å². The van der Waals surface area contributed by atoms with Gasteiger partial charge >= 0.3 is 0 Å². The molecule has 1 aliphatic heterocycles. The monoisotopic (exact) mass is 190 g/mol. The van der Waals surface area contributed by atoms with Gasteiger partial charge in [-0.05, 0) is 39.3 Å². The predicted molar refractivity (Wildman–Crippen MR) is 46.1 cm³/mol. The molecule has 0 N–H and O–H groups in total. The van der Waals surface area contributed by atoms with E-state index >= 15 is 0 Å². The molecule has 1 aliphatic rings. The Labute approximate surface area is 58.5 Å². The first-order valence-corrected chi connectivity index (χ1v) is 8.80. The molecule has 0 amide bonds. The van der Waals surface area contributed by atoms with E-state index in [4.69, 9.17) is 0 Å². The maximum atomic E-state index is 9.97. The standard InChI is InChI=1S/CH2OS5/c2-1-7-5-3-4-6-7/h1,7H. The smallest absolute Gasteiger partial charge is 0.175 e. The number of thiol groups is 1. The van der Waals surface area contributed by atoms with E-state index in [1.807, 2.05) is 0 Å². The second-order valence-electron chi connectivity index (χ2n) is 0.676. The van der Waals surface area contributed by atoms with Crippen molar-refractivity contribution in [1.82, 2.24) is 0 Å². The van der Waals surface area contributed by atoms with Crippen LogP contribution in [-0.2, 0) is 4.79 Å². The molecule has 1 heterocycles. The normalized spacial score (nSPS) is 25.4. The summed E-state index contributed by atoms with van der Waals surface area (Å²) in [7, 11) is 6.40. The van der Waals surface area contributed by atoms with Gasteiger partial charge < -0.3 is 0 Å². The molecule has 0 bridgehead atoms. The van der Waals surface area contributed by atoms with E-state index in [2.05, 4.69) is 0 Å². The van der Waals surface area contributed by atoms with Gasteiger partial charge in [-0.15, -0.1) is 0 Å². The molecule has 1 fully saturated rings. The van der Waals surface area contributed by atoms with Gasteiger partial charge in [0.2, 0.25) is 0 Å². The van der Waals surface area contributed by atoms with E-state index < -0.39 is 0 Å². The largest absolute Gasteiger partial charge is 0.291 e. The van der Waals surface area contributed by atoms with Crippen LogP contribution in [0.15, 0.2) is 0 Å². The summed E-state index contributed by atoms with van der Waals surface area (Å²) in [5.41, 5.74) is 1.04. The molecule has 0 atom stereocenters. The number of hydrogen-bond acceptors (Lipinski definition) is 5. The molecule has 1 rings (SSSR count). The molecule has 1 saturated heterocycles. The van der Waals surface area contributed by atoms with Gasteiger partial charge in [-0.3, -0.25) is 4.79 Å². The summed E-state index contributed by atoms with van der Waals surface area (Å²) in [5, 5.41) is 0. The summed E-state index contributed by atoms with van der Waals surface area (Å²) >= 11 is 0. The van der Waals surface area contributed by atoms with Crippen molar-refractivity contribution in [2.45, 2.75) is 0 Å². The zero-order chi connectivity index (χ0) is 5.11. The Balaban J connectivity index is 2.26. The van der Waals surface area contributed by atoms with Crippen molar-refractivity contribution >= 4 is 53.9 Å². The van der Waals surface area contributed by atoms with E-state index in [1.54, 1.807) is 39.3 Å². The van der Waals surface area contributed by atoms with Crippen molar-refractivity contribution in [1.29, 1.82) is 0 Å². The lowest BCUT2D eigenvalue weighted by molar-refractivity contribution is 0.570. The highest BCUT2D eigenvalue weighted by Gasteiger charge is 2.12. The molecule has 6 heteroatoms. The van der Waals surface area contributed by atoms with Crippen LogP contribution in [0.2, 0.25) is 0 Å². The van der Waals surface area contributed by atoms with Crippen molar-refractivity contribution in [2.24, 2.45) is 0 Å². The first-order chi connectivity index (χ1) is 3.43. The molecule has 0 aromatic rings. The Hall–Kier alpha value is 1.42. The Kier molecular flexibility index (Phi) is 3.22. The third-order valence-corrected chi connectivity index (χ3v) is 15.2. The van der Waals surface area contributed by atoms with Crippen molar-refractivity contribution in [3.8, 4) is 0 Å². The van der Waals surface area contributed by atoms with Crippen LogP contribution in [0.25, 0.3) is 0 Å². The van der Waals surface area contributed by atoms with E-state index in [0.717, 1.165) is 5.62 Å². The average Bonchev–Trinajstić information content (AvgIpc) is 2.14. The fourth-order valence-electron chi connectivity index (χ4n) is 0.132. The van der Waals surface area contributed by atoms with E-state index in [1.165, 1.54) is 0 Å². The topological polar surface area (TPSA) is 17.1 Å². The van der Waals surface area contributed by atoms with Crippen molar-refractivity contribution in [3.05, 3.63) is 0 Å². The number of hydrogen-bond donors (Lipinski definition) is 1. The Bertz CT molecular complexity index is 66.5. The lowest BCUT2D eigenvalue weighted by atomic mass is 11.8. The third-order valence-electron chi connectivity index (χ3n) is 0.322. The lowest BCUT2D eigenvalue weighted by Gasteiger charge is -1.92. The van der Waals surface area contributed by atoms with Crippen LogP contribution < -0.4 is 0 Å². The van der Waals surface area contributed by atoms with Gasteiger partial charge in [-0.25, -0.2) is 0 Å². The molecule has 0 spiro atoms. The lowest BCUT2D eigenvalue weighted by Crippen LogP contribution is -1.53. The summed E-state index contributed by atoms with van der Waals surface area (Å²) in [4.78, 5) is 9.97. The van der Waals surface area contributed by atoms with Crippen LogP contribution in [0, 0.1) is 0 Å². The maximum Gasteiger partial charge on any atom is 0.175 e. The predicted octanol–water partition coefficient (Wildman–Crippen LogP) is 2.70. The molecule has 1 nitrogen and oxygen atoms in total.